The normalized spacial score (nSPS) is 14.3. The molecule has 4 rings (SSSR count). The standard InChI is InChI=1S/C28H24O4/c1-30-21-11-8-20(9-12-21)24(26-14-13-22(31-2)18-28(26)32-3)15-16-25-23-7-5-4-6-19(23)10-17-27(25)29/h4-18H,1-3H3/b24-15-,25-16+. The molecule has 0 N–H and O–H groups in total. The van der Waals surface area contributed by atoms with Crippen molar-refractivity contribution < 1.29 is 19.0 Å². The summed E-state index contributed by atoms with van der Waals surface area (Å²) in [5.41, 5.74) is 5.38. The number of benzene rings is 3. The Labute approximate surface area is 188 Å². The maximum absolute atomic E-state index is 12.7. The fraction of sp³-hybridized carbons (Fsp3) is 0.107. The number of fused-ring (bicyclic) bond motifs is 1. The van der Waals surface area contributed by atoms with Crippen molar-refractivity contribution in [1.29, 1.82) is 0 Å². The van der Waals surface area contributed by atoms with E-state index in [9.17, 15) is 4.79 Å². The fourth-order valence-corrected chi connectivity index (χ4v) is 3.75. The second-order valence-corrected chi connectivity index (χ2v) is 7.24. The highest BCUT2D eigenvalue weighted by Gasteiger charge is 2.17. The van der Waals surface area contributed by atoms with Gasteiger partial charge in [0.05, 0.1) is 21.3 Å². The maximum Gasteiger partial charge on any atom is 0.186 e. The molecule has 4 nitrogen and oxygen atoms in total. The van der Waals surface area contributed by atoms with E-state index in [0.717, 1.165) is 33.6 Å². The molecule has 0 heterocycles. The van der Waals surface area contributed by atoms with Crippen molar-refractivity contribution in [2.45, 2.75) is 0 Å². The van der Waals surface area contributed by atoms with E-state index < -0.39 is 0 Å². The minimum atomic E-state index is -0.0178. The molecule has 4 heteroatoms. The third-order valence-corrected chi connectivity index (χ3v) is 5.45. The second kappa shape index (κ2) is 9.40. The van der Waals surface area contributed by atoms with Crippen molar-refractivity contribution in [1.82, 2.24) is 0 Å². The number of allylic oxidation sites excluding steroid dienone is 4. The molecule has 0 radical (unpaired) electrons. The van der Waals surface area contributed by atoms with E-state index in [4.69, 9.17) is 14.2 Å². The van der Waals surface area contributed by atoms with E-state index in [1.165, 1.54) is 0 Å². The third-order valence-electron chi connectivity index (χ3n) is 5.45. The van der Waals surface area contributed by atoms with Crippen molar-refractivity contribution in [3.63, 3.8) is 0 Å². The summed E-state index contributed by atoms with van der Waals surface area (Å²) in [6.45, 7) is 0. The predicted molar refractivity (Wildman–Crippen MR) is 128 cm³/mol. The van der Waals surface area contributed by atoms with Crippen LogP contribution in [0.5, 0.6) is 17.2 Å². The molecular weight excluding hydrogens is 400 g/mol. The van der Waals surface area contributed by atoms with E-state index in [0.29, 0.717) is 17.1 Å². The lowest BCUT2D eigenvalue weighted by Gasteiger charge is -2.15. The van der Waals surface area contributed by atoms with Gasteiger partial charge in [-0.25, -0.2) is 0 Å². The molecule has 0 aliphatic heterocycles. The first-order chi connectivity index (χ1) is 15.6. The van der Waals surface area contributed by atoms with Crippen molar-refractivity contribution in [3.8, 4) is 17.2 Å². The summed E-state index contributed by atoms with van der Waals surface area (Å²) < 4.78 is 16.3. The van der Waals surface area contributed by atoms with Gasteiger partial charge in [-0.1, -0.05) is 48.6 Å². The molecule has 0 fully saturated rings. The first kappa shape index (κ1) is 21.2. The summed E-state index contributed by atoms with van der Waals surface area (Å²) in [5.74, 6) is 2.14. The number of methoxy groups -OCH3 is 3. The molecule has 1 aliphatic carbocycles. The van der Waals surface area contributed by atoms with Crippen LogP contribution in [0, 0.1) is 0 Å². The Morgan fingerprint density at radius 3 is 2.22 bits per heavy atom. The minimum Gasteiger partial charge on any atom is -0.497 e. The van der Waals surface area contributed by atoms with E-state index in [1.54, 1.807) is 27.4 Å². The van der Waals surface area contributed by atoms with Gasteiger partial charge in [0, 0.05) is 17.2 Å². The van der Waals surface area contributed by atoms with E-state index in [-0.39, 0.29) is 5.78 Å². The number of carbonyl (C=O) groups is 1. The van der Waals surface area contributed by atoms with Crippen LogP contribution in [0.4, 0.5) is 0 Å². The first-order valence-corrected chi connectivity index (χ1v) is 10.2. The zero-order chi connectivity index (χ0) is 22.5. The van der Waals surface area contributed by atoms with Crippen molar-refractivity contribution >= 4 is 23.0 Å². The quantitative estimate of drug-likeness (QED) is 0.468. The van der Waals surface area contributed by atoms with Crippen molar-refractivity contribution in [3.05, 3.63) is 107 Å². The van der Waals surface area contributed by atoms with Crippen LogP contribution in [0.15, 0.2) is 85.0 Å². The monoisotopic (exact) mass is 424 g/mol. The highest BCUT2D eigenvalue weighted by molar-refractivity contribution is 6.30. The molecule has 0 spiro atoms. The van der Waals surface area contributed by atoms with Crippen LogP contribution in [-0.2, 0) is 4.79 Å². The van der Waals surface area contributed by atoms with Crippen LogP contribution >= 0.6 is 0 Å². The van der Waals surface area contributed by atoms with Gasteiger partial charge in [-0.15, -0.1) is 0 Å². The smallest absolute Gasteiger partial charge is 0.186 e. The van der Waals surface area contributed by atoms with Gasteiger partial charge in [-0.05, 0) is 58.7 Å². The number of carbonyl (C=O) groups excluding carboxylic acids is 1. The molecule has 0 amide bonds. The van der Waals surface area contributed by atoms with Crippen molar-refractivity contribution in [2.24, 2.45) is 0 Å². The molecule has 0 saturated carbocycles. The lowest BCUT2D eigenvalue weighted by molar-refractivity contribution is -0.109. The molecular formula is C28H24O4. The Kier molecular flexibility index (Phi) is 6.22. The van der Waals surface area contributed by atoms with Gasteiger partial charge in [-0.3, -0.25) is 4.79 Å². The van der Waals surface area contributed by atoms with Gasteiger partial charge in [0.2, 0.25) is 0 Å². The van der Waals surface area contributed by atoms with E-state index >= 15 is 0 Å². The second-order valence-electron chi connectivity index (χ2n) is 7.24. The molecule has 0 saturated heterocycles. The highest BCUT2D eigenvalue weighted by atomic mass is 16.5. The number of hydrogen-bond acceptors (Lipinski definition) is 4. The lowest BCUT2D eigenvalue weighted by Crippen LogP contribution is -2.04. The predicted octanol–water partition coefficient (Wildman–Crippen LogP) is 5.82. The highest BCUT2D eigenvalue weighted by Crippen LogP contribution is 2.35. The van der Waals surface area contributed by atoms with E-state index in [2.05, 4.69) is 0 Å². The Hall–Kier alpha value is -4.05. The average Bonchev–Trinajstić information content (AvgIpc) is 2.85. The van der Waals surface area contributed by atoms with E-state index in [1.807, 2.05) is 85.0 Å². The first-order valence-electron chi connectivity index (χ1n) is 10.2. The van der Waals surface area contributed by atoms with Crippen LogP contribution in [0.3, 0.4) is 0 Å². The SMILES string of the molecule is COc1ccc(/C(=C/C=C2/C(=O)C=Cc3ccccc32)c2ccc(OC)cc2OC)cc1. The fourth-order valence-electron chi connectivity index (χ4n) is 3.75. The molecule has 1 aliphatic rings. The Bertz CT molecular complexity index is 1230. The lowest BCUT2D eigenvalue weighted by atomic mass is 9.90. The van der Waals surface area contributed by atoms with Gasteiger partial charge in [0.1, 0.15) is 17.2 Å². The summed E-state index contributed by atoms with van der Waals surface area (Å²) in [6, 6.07) is 21.4. The molecule has 0 bridgehead atoms. The number of hydrogen-bond donors (Lipinski definition) is 0. The molecule has 0 unspecified atom stereocenters. The zero-order valence-electron chi connectivity index (χ0n) is 18.3. The number of ketones is 1. The van der Waals surface area contributed by atoms with Crippen LogP contribution in [0.25, 0.3) is 17.2 Å². The number of ether oxygens (including phenoxy) is 3. The van der Waals surface area contributed by atoms with Crippen LogP contribution in [-0.4, -0.2) is 27.1 Å². The Morgan fingerprint density at radius 1 is 0.781 bits per heavy atom. The molecule has 0 atom stereocenters. The maximum atomic E-state index is 12.7. The van der Waals surface area contributed by atoms with Gasteiger partial charge >= 0.3 is 0 Å². The Balaban J connectivity index is 1.88. The third kappa shape index (κ3) is 4.21. The number of rotatable bonds is 6. The van der Waals surface area contributed by atoms with Crippen LogP contribution in [0.2, 0.25) is 0 Å². The summed E-state index contributed by atoms with van der Waals surface area (Å²) in [6.07, 6.45) is 7.32. The van der Waals surface area contributed by atoms with Gasteiger partial charge < -0.3 is 14.2 Å². The van der Waals surface area contributed by atoms with Crippen LogP contribution in [0.1, 0.15) is 22.3 Å². The van der Waals surface area contributed by atoms with Crippen LogP contribution < -0.4 is 14.2 Å². The van der Waals surface area contributed by atoms with Gasteiger partial charge in [0.25, 0.3) is 0 Å². The average molecular weight is 424 g/mol. The molecule has 3 aromatic carbocycles. The van der Waals surface area contributed by atoms with Crippen molar-refractivity contribution in [2.75, 3.05) is 21.3 Å². The zero-order valence-corrected chi connectivity index (χ0v) is 18.3. The van der Waals surface area contributed by atoms with Gasteiger partial charge in [0.15, 0.2) is 5.78 Å². The topological polar surface area (TPSA) is 44.8 Å². The summed E-state index contributed by atoms with van der Waals surface area (Å²) in [5, 5.41) is 0. The molecule has 0 aromatic heterocycles. The van der Waals surface area contributed by atoms with Gasteiger partial charge in [-0.2, -0.15) is 0 Å². The minimum absolute atomic E-state index is 0.0178. The Morgan fingerprint density at radius 2 is 1.50 bits per heavy atom. The molecule has 160 valence electrons. The largest absolute Gasteiger partial charge is 0.497 e. The summed E-state index contributed by atoms with van der Waals surface area (Å²) in [4.78, 5) is 12.7. The molecule has 32 heavy (non-hydrogen) atoms. The summed E-state index contributed by atoms with van der Waals surface area (Å²) in [7, 11) is 4.90. The molecule has 3 aromatic rings. The summed E-state index contributed by atoms with van der Waals surface area (Å²) >= 11 is 0.